The molecule has 1 amide bonds. The topological polar surface area (TPSA) is 55.4 Å². The number of carbonyl (C=O) groups is 2. The van der Waals surface area contributed by atoms with Crippen LogP contribution in [-0.4, -0.2) is 26.0 Å². The van der Waals surface area contributed by atoms with Crippen LogP contribution in [0.4, 0.5) is 0 Å². The average Bonchev–Trinajstić information content (AvgIpc) is 2.80. The summed E-state index contributed by atoms with van der Waals surface area (Å²) < 4.78 is 4.48. The molecule has 0 aliphatic heterocycles. The normalized spacial score (nSPS) is 27.5. The maximum atomic E-state index is 10.9. The molecule has 11 heavy (non-hydrogen) atoms. The van der Waals surface area contributed by atoms with Gasteiger partial charge in [0.25, 0.3) is 0 Å². The van der Waals surface area contributed by atoms with Crippen molar-refractivity contribution < 1.29 is 14.3 Å². The Morgan fingerprint density at radius 3 is 2.55 bits per heavy atom. The number of esters is 1. The maximum absolute atomic E-state index is 10.9. The van der Waals surface area contributed by atoms with Gasteiger partial charge in [0.1, 0.15) is 0 Å². The molecule has 1 saturated carbocycles. The molecular formula is C7H11NO3. The van der Waals surface area contributed by atoms with Crippen molar-refractivity contribution in [1.82, 2.24) is 5.32 Å². The first-order valence-electron chi connectivity index (χ1n) is 3.50. The molecule has 4 nitrogen and oxygen atoms in total. The minimum atomic E-state index is -0.279. The van der Waals surface area contributed by atoms with Crippen molar-refractivity contribution in [3.05, 3.63) is 0 Å². The fraction of sp³-hybridized carbons (Fsp3) is 0.714. The van der Waals surface area contributed by atoms with E-state index in [-0.39, 0.29) is 23.7 Å². The van der Waals surface area contributed by atoms with Crippen molar-refractivity contribution in [2.24, 2.45) is 11.8 Å². The zero-order valence-corrected chi connectivity index (χ0v) is 6.59. The van der Waals surface area contributed by atoms with Gasteiger partial charge in [0.05, 0.1) is 18.9 Å². The zero-order chi connectivity index (χ0) is 8.43. The van der Waals surface area contributed by atoms with E-state index in [4.69, 9.17) is 0 Å². The highest BCUT2D eigenvalue weighted by Gasteiger charge is 2.48. The Morgan fingerprint density at radius 2 is 2.09 bits per heavy atom. The molecule has 0 radical (unpaired) electrons. The van der Waals surface area contributed by atoms with Crippen LogP contribution in [0, 0.1) is 11.8 Å². The minimum absolute atomic E-state index is 0.0691. The number of amides is 1. The summed E-state index contributed by atoms with van der Waals surface area (Å²) in [4.78, 5) is 21.7. The molecule has 0 aromatic carbocycles. The first-order valence-corrected chi connectivity index (χ1v) is 3.50. The van der Waals surface area contributed by atoms with Crippen LogP contribution in [-0.2, 0) is 14.3 Å². The molecule has 1 aliphatic carbocycles. The molecule has 1 fully saturated rings. The van der Waals surface area contributed by atoms with Crippen LogP contribution in [0.25, 0.3) is 0 Å². The van der Waals surface area contributed by atoms with Crippen molar-refractivity contribution in [1.29, 1.82) is 0 Å². The van der Waals surface area contributed by atoms with Crippen LogP contribution >= 0.6 is 0 Å². The van der Waals surface area contributed by atoms with Crippen molar-refractivity contribution in [3.8, 4) is 0 Å². The van der Waals surface area contributed by atoms with Crippen molar-refractivity contribution in [2.45, 2.75) is 6.42 Å². The summed E-state index contributed by atoms with van der Waals surface area (Å²) in [6.07, 6.45) is 0.631. The quantitative estimate of drug-likeness (QED) is 0.552. The third kappa shape index (κ3) is 1.50. The molecule has 0 saturated heterocycles. The Balaban J connectivity index is 2.37. The Morgan fingerprint density at radius 1 is 1.45 bits per heavy atom. The fourth-order valence-corrected chi connectivity index (χ4v) is 1.08. The van der Waals surface area contributed by atoms with Gasteiger partial charge in [0.2, 0.25) is 5.91 Å². The van der Waals surface area contributed by atoms with Gasteiger partial charge in [0, 0.05) is 7.05 Å². The Kier molecular flexibility index (Phi) is 2.12. The van der Waals surface area contributed by atoms with E-state index in [1.165, 1.54) is 7.11 Å². The van der Waals surface area contributed by atoms with Gasteiger partial charge in [-0.05, 0) is 6.42 Å². The highest BCUT2D eigenvalue weighted by molar-refractivity contribution is 5.89. The van der Waals surface area contributed by atoms with Gasteiger partial charge in [-0.1, -0.05) is 0 Å². The second-order valence-corrected chi connectivity index (χ2v) is 2.59. The molecule has 0 spiro atoms. The summed E-state index contributed by atoms with van der Waals surface area (Å²) in [6, 6.07) is 0. The Hall–Kier alpha value is -1.06. The first kappa shape index (κ1) is 8.04. The lowest BCUT2D eigenvalue weighted by Gasteiger charge is -1.96. The average molecular weight is 157 g/mol. The van der Waals surface area contributed by atoms with E-state index in [1.54, 1.807) is 7.05 Å². The van der Waals surface area contributed by atoms with Crippen LogP contribution in [0.5, 0.6) is 0 Å². The predicted molar refractivity (Wildman–Crippen MR) is 37.7 cm³/mol. The molecule has 0 heterocycles. The fourth-order valence-electron chi connectivity index (χ4n) is 1.08. The molecule has 1 rings (SSSR count). The Labute approximate surface area is 64.9 Å². The predicted octanol–water partition coefficient (Wildman–Crippen LogP) is -0.459. The lowest BCUT2D eigenvalue weighted by Crippen LogP contribution is -2.22. The van der Waals surface area contributed by atoms with Crippen LogP contribution in [0.2, 0.25) is 0 Å². The SMILES string of the molecule is CNC(=O)[C@@H]1C[C@H]1C(=O)OC. The van der Waals surface area contributed by atoms with Gasteiger partial charge in [-0.15, -0.1) is 0 Å². The third-order valence-corrected chi connectivity index (χ3v) is 1.88. The molecule has 0 aromatic rings. The van der Waals surface area contributed by atoms with Crippen molar-refractivity contribution >= 4 is 11.9 Å². The van der Waals surface area contributed by atoms with Crippen LogP contribution in [0.1, 0.15) is 6.42 Å². The van der Waals surface area contributed by atoms with Crippen LogP contribution in [0.15, 0.2) is 0 Å². The van der Waals surface area contributed by atoms with Crippen LogP contribution < -0.4 is 5.32 Å². The Bertz CT molecular complexity index is 170. The first-order chi connectivity index (χ1) is 5.20. The number of nitrogens with one attached hydrogen (secondary N) is 1. The number of hydrogen-bond acceptors (Lipinski definition) is 3. The van der Waals surface area contributed by atoms with Crippen molar-refractivity contribution in [2.75, 3.05) is 14.2 Å². The molecule has 62 valence electrons. The highest BCUT2D eigenvalue weighted by Crippen LogP contribution is 2.39. The number of carbonyl (C=O) groups excluding carboxylic acids is 2. The monoisotopic (exact) mass is 157 g/mol. The van der Waals surface area contributed by atoms with Crippen LogP contribution in [0.3, 0.4) is 0 Å². The largest absolute Gasteiger partial charge is 0.469 e. The smallest absolute Gasteiger partial charge is 0.309 e. The minimum Gasteiger partial charge on any atom is -0.469 e. The summed E-state index contributed by atoms with van der Waals surface area (Å²) in [6.45, 7) is 0. The molecule has 1 aliphatic rings. The van der Waals surface area contributed by atoms with E-state index in [9.17, 15) is 9.59 Å². The van der Waals surface area contributed by atoms with Crippen molar-refractivity contribution in [3.63, 3.8) is 0 Å². The molecule has 4 heteroatoms. The highest BCUT2D eigenvalue weighted by atomic mass is 16.5. The lowest BCUT2D eigenvalue weighted by atomic mass is 10.3. The molecule has 0 bridgehead atoms. The van der Waals surface area contributed by atoms with E-state index >= 15 is 0 Å². The number of hydrogen-bond donors (Lipinski definition) is 1. The number of ether oxygens (including phenoxy) is 1. The number of rotatable bonds is 2. The van der Waals surface area contributed by atoms with E-state index < -0.39 is 0 Å². The van der Waals surface area contributed by atoms with Gasteiger partial charge >= 0.3 is 5.97 Å². The molecule has 0 unspecified atom stereocenters. The standard InChI is InChI=1S/C7H11NO3/c1-8-6(9)4-3-5(4)7(10)11-2/h4-5H,3H2,1-2H3,(H,8,9)/t4-,5-/m1/s1. The third-order valence-electron chi connectivity index (χ3n) is 1.88. The van der Waals surface area contributed by atoms with Gasteiger partial charge < -0.3 is 10.1 Å². The van der Waals surface area contributed by atoms with E-state index in [0.29, 0.717) is 6.42 Å². The van der Waals surface area contributed by atoms with Gasteiger partial charge in [-0.3, -0.25) is 9.59 Å². The summed E-state index contributed by atoms with van der Waals surface area (Å²) in [5.74, 6) is -0.689. The summed E-state index contributed by atoms with van der Waals surface area (Å²) >= 11 is 0. The van der Waals surface area contributed by atoms with Gasteiger partial charge in [-0.25, -0.2) is 0 Å². The molecule has 1 N–H and O–H groups in total. The van der Waals surface area contributed by atoms with Gasteiger partial charge in [-0.2, -0.15) is 0 Å². The number of methoxy groups -OCH3 is 1. The zero-order valence-electron chi connectivity index (χ0n) is 6.59. The molecule has 0 aromatic heterocycles. The molecular weight excluding hydrogens is 146 g/mol. The summed E-state index contributed by atoms with van der Waals surface area (Å²) in [7, 11) is 2.90. The van der Waals surface area contributed by atoms with E-state index in [2.05, 4.69) is 10.1 Å². The van der Waals surface area contributed by atoms with Gasteiger partial charge in [0.15, 0.2) is 0 Å². The summed E-state index contributed by atoms with van der Waals surface area (Å²) in [5.41, 5.74) is 0. The second-order valence-electron chi connectivity index (χ2n) is 2.59. The summed E-state index contributed by atoms with van der Waals surface area (Å²) in [5, 5.41) is 2.49. The molecule has 2 atom stereocenters. The van der Waals surface area contributed by atoms with E-state index in [1.807, 2.05) is 0 Å². The second kappa shape index (κ2) is 2.90. The van der Waals surface area contributed by atoms with E-state index in [0.717, 1.165) is 0 Å². The lowest BCUT2D eigenvalue weighted by molar-refractivity contribution is -0.143. The maximum Gasteiger partial charge on any atom is 0.309 e.